The van der Waals surface area contributed by atoms with Crippen LogP contribution < -0.4 is 0 Å². The van der Waals surface area contributed by atoms with Gasteiger partial charge in [0, 0.05) is 22.3 Å². The predicted octanol–water partition coefficient (Wildman–Crippen LogP) is 2.55. The maximum atomic E-state index is 12.1. The first-order valence-corrected chi connectivity index (χ1v) is 5.70. The SMILES string of the molecule is CC1=CC(=O)c2cc(O)c(O)c(C(C)C)c2C1=O. The van der Waals surface area contributed by atoms with E-state index in [9.17, 15) is 19.8 Å². The van der Waals surface area contributed by atoms with Crippen LogP contribution in [0, 0.1) is 0 Å². The van der Waals surface area contributed by atoms with Crippen LogP contribution in [0.2, 0.25) is 0 Å². The third-order valence-corrected chi connectivity index (χ3v) is 3.09. The Morgan fingerprint density at radius 3 is 2.33 bits per heavy atom. The molecule has 1 aromatic rings. The second-order valence-corrected chi connectivity index (χ2v) is 4.76. The van der Waals surface area contributed by atoms with E-state index >= 15 is 0 Å². The average molecular weight is 246 g/mol. The molecule has 18 heavy (non-hydrogen) atoms. The van der Waals surface area contributed by atoms with E-state index in [1.54, 1.807) is 20.8 Å². The quantitative estimate of drug-likeness (QED) is 0.747. The number of carbonyl (C=O) groups is 2. The third kappa shape index (κ3) is 1.61. The first kappa shape index (κ1) is 12.4. The molecular formula is C14H14O4. The minimum Gasteiger partial charge on any atom is -0.504 e. The zero-order valence-corrected chi connectivity index (χ0v) is 10.4. The summed E-state index contributed by atoms with van der Waals surface area (Å²) >= 11 is 0. The predicted molar refractivity (Wildman–Crippen MR) is 66.3 cm³/mol. The van der Waals surface area contributed by atoms with Crippen LogP contribution >= 0.6 is 0 Å². The zero-order chi connectivity index (χ0) is 13.6. The summed E-state index contributed by atoms with van der Waals surface area (Å²) in [5.41, 5.74) is 1.05. The number of phenols is 2. The van der Waals surface area contributed by atoms with E-state index in [4.69, 9.17) is 0 Å². The first-order chi connectivity index (χ1) is 8.34. The summed E-state index contributed by atoms with van der Waals surface area (Å²) < 4.78 is 0. The van der Waals surface area contributed by atoms with Gasteiger partial charge < -0.3 is 10.2 Å². The van der Waals surface area contributed by atoms with Crippen LogP contribution in [0.15, 0.2) is 17.7 Å². The van der Waals surface area contributed by atoms with Gasteiger partial charge in [-0.1, -0.05) is 13.8 Å². The number of benzene rings is 1. The van der Waals surface area contributed by atoms with E-state index in [0.29, 0.717) is 11.1 Å². The van der Waals surface area contributed by atoms with Crippen molar-refractivity contribution >= 4 is 11.6 Å². The number of aromatic hydroxyl groups is 2. The maximum Gasteiger partial charge on any atom is 0.190 e. The molecule has 94 valence electrons. The van der Waals surface area contributed by atoms with Gasteiger partial charge in [-0.3, -0.25) is 9.59 Å². The molecule has 0 saturated carbocycles. The van der Waals surface area contributed by atoms with Crippen molar-refractivity contribution in [2.24, 2.45) is 0 Å². The highest BCUT2D eigenvalue weighted by Gasteiger charge is 2.30. The topological polar surface area (TPSA) is 74.6 Å². The lowest BCUT2D eigenvalue weighted by molar-refractivity contribution is 0.0982. The van der Waals surface area contributed by atoms with Gasteiger partial charge in [-0.2, -0.15) is 0 Å². The summed E-state index contributed by atoms with van der Waals surface area (Å²) in [4.78, 5) is 24.0. The van der Waals surface area contributed by atoms with E-state index in [1.165, 1.54) is 6.08 Å². The molecule has 4 nitrogen and oxygen atoms in total. The van der Waals surface area contributed by atoms with Crippen molar-refractivity contribution in [3.63, 3.8) is 0 Å². The Bertz CT molecular complexity index is 594. The molecule has 0 fully saturated rings. The van der Waals surface area contributed by atoms with Crippen molar-refractivity contribution in [1.82, 2.24) is 0 Å². The first-order valence-electron chi connectivity index (χ1n) is 5.70. The summed E-state index contributed by atoms with van der Waals surface area (Å²) in [6.07, 6.45) is 1.26. The number of rotatable bonds is 1. The highest BCUT2D eigenvalue weighted by atomic mass is 16.3. The Hall–Kier alpha value is -2.10. The summed E-state index contributed by atoms with van der Waals surface area (Å²) in [5.74, 6) is -1.46. The molecule has 2 N–H and O–H groups in total. The van der Waals surface area contributed by atoms with Crippen LogP contribution in [0.3, 0.4) is 0 Å². The largest absolute Gasteiger partial charge is 0.504 e. The van der Waals surface area contributed by atoms with Gasteiger partial charge in [0.15, 0.2) is 23.1 Å². The van der Waals surface area contributed by atoms with Crippen LogP contribution in [0.5, 0.6) is 11.5 Å². The fraction of sp³-hybridized carbons (Fsp3) is 0.286. The fourth-order valence-corrected chi connectivity index (χ4v) is 2.22. The molecule has 0 aromatic heterocycles. The van der Waals surface area contributed by atoms with Crippen molar-refractivity contribution in [3.8, 4) is 11.5 Å². The fourth-order valence-electron chi connectivity index (χ4n) is 2.22. The third-order valence-electron chi connectivity index (χ3n) is 3.09. The molecule has 1 aliphatic rings. The Kier molecular flexibility index (Phi) is 2.73. The van der Waals surface area contributed by atoms with E-state index in [1.807, 2.05) is 0 Å². The normalized spacial score (nSPS) is 14.8. The molecule has 0 spiro atoms. The van der Waals surface area contributed by atoms with Gasteiger partial charge in [0.05, 0.1) is 0 Å². The van der Waals surface area contributed by atoms with Crippen molar-refractivity contribution in [1.29, 1.82) is 0 Å². The van der Waals surface area contributed by atoms with Gasteiger partial charge in [-0.25, -0.2) is 0 Å². The number of carbonyl (C=O) groups excluding carboxylic acids is 2. The summed E-state index contributed by atoms with van der Waals surface area (Å²) in [7, 11) is 0. The number of allylic oxidation sites excluding steroid dienone is 2. The van der Waals surface area contributed by atoms with Crippen LogP contribution in [0.4, 0.5) is 0 Å². The standard InChI is InChI=1S/C14H14O4/c1-6(2)11-12-8(5-10(16)14(11)18)9(15)4-7(3)13(12)17/h4-6,16,18H,1-3H3. The number of phenolic OH excluding ortho intramolecular Hbond substituents is 2. The second kappa shape index (κ2) is 3.98. The summed E-state index contributed by atoms with van der Waals surface area (Å²) in [5, 5.41) is 19.5. The van der Waals surface area contributed by atoms with Crippen LogP contribution in [0.25, 0.3) is 0 Å². The Morgan fingerprint density at radius 2 is 1.78 bits per heavy atom. The lowest BCUT2D eigenvalue weighted by atomic mass is 9.82. The number of fused-ring (bicyclic) bond motifs is 1. The molecule has 0 saturated heterocycles. The molecule has 0 heterocycles. The smallest absolute Gasteiger partial charge is 0.190 e. The Morgan fingerprint density at radius 1 is 1.17 bits per heavy atom. The van der Waals surface area contributed by atoms with E-state index in [2.05, 4.69) is 0 Å². The molecule has 2 rings (SSSR count). The highest BCUT2D eigenvalue weighted by molar-refractivity contribution is 6.25. The van der Waals surface area contributed by atoms with E-state index in [-0.39, 0.29) is 40.1 Å². The monoisotopic (exact) mass is 246 g/mol. The number of Topliss-reactive ketones (excluding diaryl/α,β-unsaturated/α-hetero) is 1. The van der Waals surface area contributed by atoms with E-state index < -0.39 is 0 Å². The molecular weight excluding hydrogens is 232 g/mol. The Labute approximate surface area is 105 Å². The highest BCUT2D eigenvalue weighted by Crippen LogP contribution is 2.41. The molecule has 0 aliphatic heterocycles. The molecule has 0 unspecified atom stereocenters. The van der Waals surface area contributed by atoms with E-state index in [0.717, 1.165) is 6.07 Å². The summed E-state index contributed by atoms with van der Waals surface area (Å²) in [6.45, 7) is 5.15. The lowest BCUT2D eigenvalue weighted by Gasteiger charge is -2.20. The number of ketones is 2. The van der Waals surface area contributed by atoms with Crippen LogP contribution in [-0.4, -0.2) is 21.8 Å². The van der Waals surface area contributed by atoms with Crippen molar-refractivity contribution < 1.29 is 19.8 Å². The molecule has 0 bridgehead atoms. The second-order valence-electron chi connectivity index (χ2n) is 4.76. The van der Waals surface area contributed by atoms with Gasteiger partial charge in [-0.15, -0.1) is 0 Å². The van der Waals surface area contributed by atoms with Crippen molar-refractivity contribution in [2.45, 2.75) is 26.7 Å². The Balaban J connectivity index is 2.87. The van der Waals surface area contributed by atoms with Crippen LogP contribution in [0.1, 0.15) is 53.0 Å². The average Bonchev–Trinajstić information content (AvgIpc) is 2.28. The van der Waals surface area contributed by atoms with Crippen molar-refractivity contribution in [3.05, 3.63) is 34.4 Å². The lowest BCUT2D eigenvalue weighted by Crippen LogP contribution is -2.18. The molecule has 0 amide bonds. The van der Waals surface area contributed by atoms with Gasteiger partial charge in [0.25, 0.3) is 0 Å². The van der Waals surface area contributed by atoms with Crippen molar-refractivity contribution in [2.75, 3.05) is 0 Å². The minimum absolute atomic E-state index is 0.157. The van der Waals surface area contributed by atoms with Gasteiger partial charge in [0.2, 0.25) is 0 Å². The molecule has 0 radical (unpaired) electrons. The van der Waals surface area contributed by atoms with Gasteiger partial charge in [0.1, 0.15) is 0 Å². The van der Waals surface area contributed by atoms with Crippen LogP contribution in [-0.2, 0) is 0 Å². The minimum atomic E-state index is -0.369. The van der Waals surface area contributed by atoms with Gasteiger partial charge in [-0.05, 0) is 25.0 Å². The number of hydrogen-bond donors (Lipinski definition) is 2. The molecule has 0 atom stereocenters. The summed E-state index contributed by atoms with van der Waals surface area (Å²) in [6, 6.07) is 1.15. The molecule has 1 aromatic carbocycles. The molecule has 1 aliphatic carbocycles. The van der Waals surface area contributed by atoms with Gasteiger partial charge >= 0.3 is 0 Å². The maximum absolute atomic E-state index is 12.1. The molecule has 4 heteroatoms. The zero-order valence-electron chi connectivity index (χ0n) is 10.4. The number of hydrogen-bond acceptors (Lipinski definition) is 4.